The highest BCUT2D eigenvalue weighted by Gasteiger charge is 2.52. The van der Waals surface area contributed by atoms with Gasteiger partial charge in [-0.1, -0.05) is 137 Å². The summed E-state index contributed by atoms with van der Waals surface area (Å²) in [5, 5.41) is 0. The largest absolute Gasteiger partial charge is 0.446 e. The molecule has 1 heterocycles. The number of carbonyl (C=O) groups excluding carboxylic acids is 1. The number of ether oxygens (including phenoxy) is 6. The normalized spacial score (nSPS) is 20.0. The predicted molar refractivity (Wildman–Crippen MR) is 224 cm³/mol. The van der Waals surface area contributed by atoms with Crippen LogP contribution in [0.3, 0.4) is 0 Å². The maximum absolute atomic E-state index is 14.7. The number of carbonyl (C=O) groups is 1. The molecular formula is C46H50BrO10P. The molecule has 1 aliphatic rings. The second-order valence-corrected chi connectivity index (χ2v) is 16.7. The number of hydrogen-bond donors (Lipinski definition) is 0. The quantitative estimate of drug-likeness (QED) is 0.0522. The van der Waals surface area contributed by atoms with E-state index in [9.17, 15) is 9.36 Å². The standard InChI is InChI=1S/C46H50BrO10P/c1-3-54-58(49,55-4-2)41(57-45(48)38-25-27-39(47)28-26-38)29-40-42(50-30-34-17-9-5-10-18-34)43(51-31-35-19-11-6-12-20-35)44(52-32-36-21-13-7-14-22-36)46(56-40)53-33-37-23-15-8-16-24-37/h5-28,40-44,46H,3-4,29-33H2,1-2H3/t40-,41+,42-,43+,44-,46-/m1/s1. The fourth-order valence-electron chi connectivity index (χ4n) is 6.60. The molecule has 6 atom stereocenters. The molecule has 1 saturated heterocycles. The highest BCUT2D eigenvalue weighted by molar-refractivity contribution is 9.10. The van der Waals surface area contributed by atoms with Crippen LogP contribution in [0.4, 0.5) is 0 Å². The van der Waals surface area contributed by atoms with Crippen molar-refractivity contribution in [3.05, 3.63) is 178 Å². The van der Waals surface area contributed by atoms with Gasteiger partial charge in [0.05, 0.1) is 51.3 Å². The second kappa shape index (κ2) is 22.4. The van der Waals surface area contributed by atoms with Gasteiger partial charge in [0, 0.05) is 10.9 Å². The van der Waals surface area contributed by atoms with Crippen LogP contribution in [0.15, 0.2) is 150 Å². The molecule has 1 aliphatic heterocycles. The zero-order valence-corrected chi connectivity index (χ0v) is 35.2. The van der Waals surface area contributed by atoms with E-state index in [2.05, 4.69) is 15.9 Å². The van der Waals surface area contributed by atoms with E-state index in [4.69, 9.17) is 37.5 Å². The van der Waals surface area contributed by atoms with Crippen LogP contribution < -0.4 is 0 Å². The molecule has 58 heavy (non-hydrogen) atoms. The summed E-state index contributed by atoms with van der Waals surface area (Å²) >= 11 is 3.42. The van der Waals surface area contributed by atoms with Crippen molar-refractivity contribution < 1.29 is 46.8 Å². The van der Waals surface area contributed by atoms with Crippen molar-refractivity contribution in [3.63, 3.8) is 0 Å². The summed E-state index contributed by atoms with van der Waals surface area (Å²) in [6.45, 7) is 4.35. The Morgan fingerprint density at radius 2 is 1.00 bits per heavy atom. The summed E-state index contributed by atoms with van der Waals surface area (Å²) < 4.78 is 67.1. The number of hydrogen-bond acceptors (Lipinski definition) is 10. The third-order valence-corrected chi connectivity index (χ3v) is 12.2. The Bertz CT molecular complexity index is 1980. The molecule has 12 heteroatoms. The van der Waals surface area contributed by atoms with Crippen LogP contribution in [-0.2, 0) is 68.5 Å². The molecule has 1 fully saturated rings. The molecule has 10 nitrogen and oxygen atoms in total. The monoisotopic (exact) mass is 872 g/mol. The molecule has 306 valence electrons. The maximum atomic E-state index is 14.7. The summed E-state index contributed by atoms with van der Waals surface area (Å²) in [6, 6.07) is 45.8. The lowest BCUT2D eigenvalue weighted by molar-refractivity contribution is -0.327. The van der Waals surface area contributed by atoms with E-state index in [1.165, 1.54) is 0 Å². The van der Waals surface area contributed by atoms with Crippen LogP contribution >= 0.6 is 23.5 Å². The lowest BCUT2D eigenvalue weighted by Crippen LogP contribution is -2.61. The van der Waals surface area contributed by atoms with Crippen LogP contribution in [0.1, 0.15) is 52.9 Å². The van der Waals surface area contributed by atoms with Crippen molar-refractivity contribution in [2.24, 2.45) is 0 Å². The van der Waals surface area contributed by atoms with Crippen molar-refractivity contribution in [1.29, 1.82) is 0 Å². The smallest absolute Gasteiger partial charge is 0.371 e. The first-order chi connectivity index (χ1) is 28.3. The Morgan fingerprint density at radius 1 is 0.586 bits per heavy atom. The van der Waals surface area contributed by atoms with E-state index in [-0.39, 0.29) is 51.6 Å². The van der Waals surface area contributed by atoms with Gasteiger partial charge in [0.25, 0.3) is 0 Å². The molecule has 0 unspecified atom stereocenters. The van der Waals surface area contributed by atoms with Crippen LogP contribution in [0.5, 0.6) is 0 Å². The van der Waals surface area contributed by atoms with E-state index in [0.29, 0.717) is 0 Å². The number of rotatable bonds is 21. The van der Waals surface area contributed by atoms with Gasteiger partial charge in [-0.05, 0) is 60.4 Å². The van der Waals surface area contributed by atoms with Gasteiger partial charge in [-0.3, -0.25) is 4.57 Å². The van der Waals surface area contributed by atoms with Crippen molar-refractivity contribution in [2.45, 2.75) is 83.2 Å². The van der Waals surface area contributed by atoms with Crippen molar-refractivity contribution in [1.82, 2.24) is 0 Å². The molecule has 0 radical (unpaired) electrons. The third-order valence-electron chi connectivity index (χ3n) is 9.43. The Labute approximate surface area is 349 Å². The lowest BCUT2D eigenvalue weighted by atomic mass is 9.95. The Morgan fingerprint density at radius 3 is 1.45 bits per heavy atom. The van der Waals surface area contributed by atoms with Crippen LogP contribution in [0, 0.1) is 0 Å². The Hall–Kier alpha value is -4.00. The first-order valence-corrected chi connectivity index (χ1v) is 21.9. The zero-order chi connectivity index (χ0) is 40.6. The average molecular weight is 874 g/mol. The topological polar surface area (TPSA) is 108 Å². The first-order valence-electron chi connectivity index (χ1n) is 19.5. The SMILES string of the molecule is CCOP(=O)(OCC)[C@@H](C[C@H]1O[C@@H](OCc2ccccc2)[C@H](OCc2ccccc2)[C@@H](OCc2ccccc2)[C@@H]1OCc1ccccc1)OC(=O)c1ccc(Br)cc1. The zero-order valence-electron chi connectivity index (χ0n) is 32.7. The highest BCUT2D eigenvalue weighted by atomic mass is 79.9. The van der Waals surface area contributed by atoms with E-state index in [0.717, 1.165) is 26.7 Å². The number of benzene rings is 5. The van der Waals surface area contributed by atoms with Gasteiger partial charge in [-0.15, -0.1) is 0 Å². The molecule has 0 bridgehead atoms. The number of halogens is 1. The molecule has 6 rings (SSSR count). The summed E-state index contributed by atoms with van der Waals surface area (Å²) in [5.74, 6) is -2.10. The van der Waals surface area contributed by atoms with Gasteiger partial charge in [0.1, 0.15) is 18.3 Å². The maximum Gasteiger partial charge on any atom is 0.371 e. The van der Waals surface area contributed by atoms with Gasteiger partial charge in [-0.2, -0.15) is 0 Å². The molecule has 0 aliphatic carbocycles. The molecule has 0 saturated carbocycles. The van der Waals surface area contributed by atoms with Crippen LogP contribution in [0.2, 0.25) is 0 Å². The summed E-state index contributed by atoms with van der Waals surface area (Å²) in [5.41, 5.74) is 3.99. The molecule has 0 N–H and O–H groups in total. The van der Waals surface area contributed by atoms with Gasteiger partial charge in [0.15, 0.2) is 6.29 Å². The number of esters is 1. The van der Waals surface area contributed by atoms with E-state index in [1.54, 1.807) is 38.1 Å². The van der Waals surface area contributed by atoms with Crippen LogP contribution in [-0.4, -0.2) is 55.7 Å². The van der Waals surface area contributed by atoms with E-state index in [1.807, 2.05) is 121 Å². The van der Waals surface area contributed by atoms with Gasteiger partial charge in [0.2, 0.25) is 5.85 Å². The van der Waals surface area contributed by atoms with Crippen LogP contribution in [0.25, 0.3) is 0 Å². The Kier molecular flexibility index (Phi) is 16.8. The first kappa shape index (κ1) is 43.6. The third kappa shape index (κ3) is 12.5. The van der Waals surface area contributed by atoms with Crippen molar-refractivity contribution in [3.8, 4) is 0 Å². The highest BCUT2D eigenvalue weighted by Crippen LogP contribution is 2.56. The molecule has 0 amide bonds. The van der Waals surface area contributed by atoms with Gasteiger partial charge in [-0.25, -0.2) is 4.79 Å². The predicted octanol–water partition coefficient (Wildman–Crippen LogP) is 10.3. The summed E-state index contributed by atoms with van der Waals surface area (Å²) in [4.78, 5) is 13.8. The minimum Gasteiger partial charge on any atom is -0.446 e. The lowest BCUT2D eigenvalue weighted by Gasteiger charge is -2.46. The minimum atomic E-state index is -4.12. The van der Waals surface area contributed by atoms with Gasteiger partial charge >= 0.3 is 13.6 Å². The second-order valence-electron chi connectivity index (χ2n) is 13.6. The fourth-order valence-corrected chi connectivity index (χ4v) is 8.69. The van der Waals surface area contributed by atoms with Gasteiger partial charge < -0.3 is 37.5 Å². The average Bonchev–Trinajstić information content (AvgIpc) is 3.25. The molecule has 0 spiro atoms. The molecule has 5 aromatic carbocycles. The fraction of sp³-hybridized carbons (Fsp3) is 0.326. The Balaban J connectivity index is 1.41. The molecule has 5 aromatic rings. The van der Waals surface area contributed by atoms with E-state index >= 15 is 0 Å². The molecule has 0 aromatic heterocycles. The summed E-state index contributed by atoms with van der Waals surface area (Å²) in [7, 11) is -4.12. The van der Waals surface area contributed by atoms with Crippen molar-refractivity contribution in [2.75, 3.05) is 13.2 Å². The van der Waals surface area contributed by atoms with Crippen molar-refractivity contribution >= 4 is 29.5 Å². The van der Waals surface area contributed by atoms with E-state index < -0.39 is 50.1 Å². The molecular weight excluding hydrogens is 823 g/mol. The minimum absolute atomic E-state index is 0.0457. The summed E-state index contributed by atoms with van der Waals surface area (Å²) in [6.07, 6.45) is -4.55.